The smallest absolute Gasteiger partial charge is 0.159 e. The summed E-state index contributed by atoms with van der Waals surface area (Å²) in [7, 11) is 0. The van der Waals surface area contributed by atoms with Gasteiger partial charge in [-0.05, 0) is 30.5 Å². The van der Waals surface area contributed by atoms with E-state index in [4.69, 9.17) is 4.74 Å². The zero-order valence-electron chi connectivity index (χ0n) is 15.7. The third kappa shape index (κ3) is 3.82. The van der Waals surface area contributed by atoms with E-state index in [1.165, 1.54) is 37.7 Å². The number of para-hydroxylation sites is 2. The van der Waals surface area contributed by atoms with Crippen molar-refractivity contribution in [2.45, 2.75) is 44.2 Å². The molecule has 0 bridgehead atoms. The highest BCUT2D eigenvalue weighted by Gasteiger charge is 2.41. The third-order valence-corrected chi connectivity index (χ3v) is 5.70. The molecule has 1 atom stereocenters. The molecular weight excluding hydrogens is 334 g/mol. The molecule has 0 saturated heterocycles. The third-order valence-electron chi connectivity index (χ3n) is 5.70. The zero-order valence-corrected chi connectivity index (χ0v) is 15.7. The van der Waals surface area contributed by atoms with Crippen molar-refractivity contribution in [3.8, 4) is 17.6 Å². The number of hydrogen-bond donors (Lipinski definition) is 1. The van der Waals surface area contributed by atoms with Crippen molar-refractivity contribution in [2.24, 2.45) is 5.92 Å². The summed E-state index contributed by atoms with van der Waals surface area (Å²) in [5.41, 5.74) is 1.49. The number of hydrogen-bond acceptors (Lipinski definition) is 3. The largest absolute Gasteiger partial charge is 0.488 e. The quantitative estimate of drug-likeness (QED) is 0.823. The number of aliphatic hydroxyl groups is 1. The molecule has 1 N–H and O–H groups in total. The summed E-state index contributed by atoms with van der Waals surface area (Å²) in [6, 6.07) is 18.4. The summed E-state index contributed by atoms with van der Waals surface area (Å²) in [6.45, 7) is 1.03. The molecule has 27 heavy (non-hydrogen) atoms. The van der Waals surface area contributed by atoms with E-state index in [1.54, 1.807) is 0 Å². The lowest BCUT2D eigenvalue weighted by Gasteiger charge is -2.44. The van der Waals surface area contributed by atoms with E-state index in [2.05, 4.69) is 47.1 Å². The van der Waals surface area contributed by atoms with Crippen LogP contribution in [-0.4, -0.2) is 23.9 Å². The van der Waals surface area contributed by atoms with Crippen molar-refractivity contribution in [3.05, 3.63) is 60.2 Å². The van der Waals surface area contributed by atoms with Gasteiger partial charge in [0.25, 0.3) is 0 Å². The van der Waals surface area contributed by atoms with E-state index in [9.17, 15) is 5.11 Å². The maximum absolute atomic E-state index is 10.4. The molecule has 2 aromatic rings. The molecule has 0 aromatic heterocycles. The zero-order chi connectivity index (χ0) is 18.5. The van der Waals surface area contributed by atoms with E-state index in [0.717, 1.165) is 11.4 Å². The maximum atomic E-state index is 10.4. The standard InChI is InChI=1S/C24H27NO2/c26-18-24(16-15-20-9-3-1-4-10-20)19-27-23-14-8-7-13-22(23)25(24)17-21-11-5-2-6-12-21/h2,5-8,11-14,20,26H,1,3-4,9-10,17-19H2/t24-/m1/s1. The Balaban J connectivity index is 1.70. The van der Waals surface area contributed by atoms with Gasteiger partial charge in [0, 0.05) is 12.5 Å². The number of fused-ring (bicyclic) bond motifs is 1. The molecule has 0 unspecified atom stereocenters. The molecule has 1 fully saturated rings. The molecule has 0 spiro atoms. The molecule has 2 aromatic carbocycles. The summed E-state index contributed by atoms with van der Waals surface area (Å²) in [4.78, 5) is 2.23. The number of nitrogens with zero attached hydrogens (tertiary/aromatic N) is 1. The number of aliphatic hydroxyl groups excluding tert-OH is 1. The van der Waals surface area contributed by atoms with E-state index >= 15 is 0 Å². The molecule has 1 saturated carbocycles. The van der Waals surface area contributed by atoms with Crippen LogP contribution in [0.2, 0.25) is 0 Å². The Kier molecular flexibility index (Phi) is 5.36. The molecule has 0 amide bonds. The van der Waals surface area contributed by atoms with Crippen LogP contribution in [0.4, 0.5) is 5.69 Å². The van der Waals surface area contributed by atoms with Crippen LogP contribution in [0, 0.1) is 17.8 Å². The lowest BCUT2D eigenvalue weighted by Crippen LogP contribution is -2.57. The van der Waals surface area contributed by atoms with E-state index in [-0.39, 0.29) is 6.61 Å². The summed E-state index contributed by atoms with van der Waals surface area (Å²) >= 11 is 0. The van der Waals surface area contributed by atoms with Crippen molar-refractivity contribution in [2.75, 3.05) is 18.1 Å². The van der Waals surface area contributed by atoms with Crippen LogP contribution in [0.5, 0.6) is 5.75 Å². The molecule has 4 rings (SSSR count). The predicted octanol–water partition coefficient (Wildman–Crippen LogP) is 4.40. The first kappa shape index (κ1) is 17.9. The SMILES string of the molecule is OC[C@]1(C#CC2CCCCC2)COc2ccccc2N1Cc1ccccc1. The molecular formula is C24H27NO2. The molecule has 1 heterocycles. The molecule has 3 heteroatoms. The van der Waals surface area contributed by atoms with Gasteiger partial charge in [-0.3, -0.25) is 0 Å². The van der Waals surface area contributed by atoms with Gasteiger partial charge in [0.05, 0.1) is 12.3 Å². The number of anilines is 1. The fraction of sp³-hybridized carbons (Fsp3) is 0.417. The molecule has 2 aliphatic rings. The summed E-state index contributed by atoms with van der Waals surface area (Å²) in [5, 5.41) is 10.4. The van der Waals surface area contributed by atoms with E-state index < -0.39 is 5.54 Å². The van der Waals surface area contributed by atoms with Crippen LogP contribution in [0.3, 0.4) is 0 Å². The first-order valence-electron chi connectivity index (χ1n) is 9.98. The molecule has 0 radical (unpaired) electrons. The van der Waals surface area contributed by atoms with Crippen molar-refractivity contribution >= 4 is 5.69 Å². The van der Waals surface area contributed by atoms with Crippen LogP contribution >= 0.6 is 0 Å². The number of rotatable bonds is 3. The van der Waals surface area contributed by atoms with Crippen LogP contribution in [0.15, 0.2) is 54.6 Å². The minimum absolute atomic E-state index is 0.0477. The van der Waals surface area contributed by atoms with Gasteiger partial charge in [0.2, 0.25) is 0 Å². The molecule has 1 aliphatic heterocycles. The number of ether oxygens (including phenoxy) is 1. The van der Waals surface area contributed by atoms with Crippen LogP contribution in [0.25, 0.3) is 0 Å². The van der Waals surface area contributed by atoms with Crippen LogP contribution in [-0.2, 0) is 6.54 Å². The van der Waals surface area contributed by atoms with Crippen molar-refractivity contribution < 1.29 is 9.84 Å². The monoisotopic (exact) mass is 361 g/mol. The lowest BCUT2D eigenvalue weighted by atomic mass is 9.88. The van der Waals surface area contributed by atoms with Crippen molar-refractivity contribution in [3.63, 3.8) is 0 Å². The molecule has 140 valence electrons. The topological polar surface area (TPSA) is 32.7 Å². The fourth-order valence-electron chi connectivity index (χ4n) is 4.07. The Morgan fingerprint density at radius 1 is 1.00 bits per heavy atom. The van der Waals surface area contributed by atoms with Crippen molar-refractivity contribution in [1.82, 2.24) is 0 Å². The van der Waals surface area contributed by atoms with Crippen LogP contribution in [0.1, 0.15) is 37.7 Å². The van der Waals surface area contributed by atoms with Gasteiger partial charge in [0.1, 0.15) is 12.4 Å². The summed E-state index contributed by atoms with van der Waals surface area (Å²) < 4.78 is 6.03. The van der Waals surface area contributed by atoms with Gasteiger partial charge >= 0.3 is 0 Å². The minimum atomic E-state index is -0.707. The second-order valence-electron chi connectivity index (χ2n) is 7.62. The van der Waals surface area contributed by atoms with E-state index in [0.29, 0.717) is 19.1 Å². The first-order chi connectivity index (χ1) is 13.3. The highest BCUT2D eigenvalue weighted by molar-refractivity contribution is 5.64. The highest BCUT2D eigenvalue weighted by atomic mass is 16.5. The predicted molar refractivity (Wildman–Crippen MR) is 109 cm³/mol. The normalized spacial score (nSPS) is 22.3. The Morgan fingerprint density at radius 2 is 1.74 bits per heavy atom. The van der Waals surface area contributed by atoms with Gasteiger partial charge in [-0.15, -0.1) is 0 Å². The van der Waals surface area contributed by atoms with Gasteiger partial charge in [0.15, 0.2) is 5.54 Å². The lowest BCUT2D eigenvalue weighted by molar-refractivity contribution is 0.148. The highest BCUT2D eigenvalue weighted by Crippen LogP contribution is 2.39. The second kappa shape index (κ2) is 8.06. The minimum Gasteiger partial charge on any atom is -0.488 e. The van der Waals surface area contributed by atoms with Gasteiger partial charge in [-0.25, -0.2) is 0 Å². The molecule has 1 aliphatic carbocycles. The second-order valence-corrected chi connectivity index (χ2v) is 7.62. The average Bonchev–Trinajstić information content (AvgIpc) is 2.75. The summed E-state index contributed by atoms with van der Waals surface area (Å²) in [5.74, 6) is 8.27. The van der Waals surface area contributed by atoms with Crippen molar-refractivity contribution in [1.29, 1.82) is 0 Å². The van der Waals surface area contributed by atoms with Gasteiger partial charge in [-0.1, -0.05) is 73.6 Å². The molecule has 3 nitrogen and oxygen atoms in total. The average molecular weight is 361 g/mol. The van der Waals surface area contributed by atoms with Gasteiger partial charge in [-0.2, -0.15) is 0 Å². The Hall–Kier alpha value is -2.44. The number of benzene rings is 2. The Morgan fingerprint density at radius 3 is 2.52 bits per heavy atom. The summed E-state index contributed by atoms with van der Waals surface area (Å²) in [6.07, 6.45) is 6.19. The maximum Gasteiger partial charge on any atom is 0.159 e. The van der Waals surface area contributed by atoms with E-state index in [1.807, 2.05) is 24.3 Å². The van der Waals surface area contributed by atoms with Crippen LogP contribution < -0.4 is 9.64 Å². The van der Waals surface area contributed by atoms with Gasteiger partial charge < -0.3 is 14.7 Å². The Bertz CT molecular complexity index is 817. The fourth-order valence-corrected chi connectivity index (χ4v) is 4.07. The first-order valence-corrected chi connectivity index (χ1v) is 9.98. The Labute approximate surface area is 162 Å².